The zero-order valence-corrected chi connectivity index (χ0v) is 16.9. The van der Waals surface area contributed by atoms with Crippen molar-refractivity contribution in [2.75, 3.05) is 13.2 Å². The van der Waals surface area contributed by atoms with Gasteiger partial charge >= 0.3 is 6.09 Å². The number of sulfonamides is 1. The summed E-state index contributed by atoms with van der Waals surface area (Å²) in [5.41, 5.74) is 1.33. The molecular formula is C18H17N3O6S2. The number of rotatable bonds is 4. The predicted molar refractivity (Wildman–Crippen MR) is 104 cm³/mol. The summed E-state index contributed by atoms with van der Waals surface area (Å²) in [6, 6.07) is 5.74. The molecule has 29 heavy (non-hydrogen) atoms. The second-order valence-corrected chi connectivity index (χ2v) is 8.85. The smallest absolute Gasteiger partial charge is 0.416 e. The van der Waals surface area contributed by atoms with Crippen LogP contribution in [-0.4, -0.2) is 53.9 Å². The lowest BCUT2D eigenvalue weighted by molar-refractivity contribution is -0.130. The normalized spacial score (nSPS) is 22.0. The van der Waals surface area contributed by atoms with Crippen LogP contribution >= 0.6 is 12.2 Å². The maximum atomic E-state index is 13.4. The van der Waals surface area contributed by atoms with E-state index in [1.807, 2.05) is 6.92 Å². The number of aryl methyl sites for hydroxylation is 1. The molecule has 2 atom stereocenters. The molecule has 2 amide bonds. The molecule has 0 radical (unpaired) electrons. The van der Waals surface area contributed by atoms with Gasteiger partial charge in [0, 0.05) is 5.56 Å². The van der Waals surface area contributed by atoms with Gasteiger partial charge in [0.1, 0.15) is 18.7 Å². The standard InChI is InChI=1S/C18H17N3O6S2/c1-11-2-4-13(5-3-11)29(24,25)21-15(12-6-8-26-10-12)14(19-17(21)28)16(22)20-7-9-27-18(20)23/h2-6,8,10,14-15H,7,9H2,1H3,(H,19,28)/t14-,15-/m0/s1. The van der Waals surface area contributed by atoms with Crippen molar-refractivity contribution in [3.8, 4) is 0 Å². The van der Waals surface area contributed by atoms with Crippen LogP contribution in [-0.2, 0) is 19.6 Å². The average molecular weight is 435 g/mol. The van der Waals surface area contributed by atoms with E-state index in [0.29, 0.717) is 5.56 Å². The molecule has 2 aliphatic heterocycles. The Morgan fingerprint density at radius 1 is 1.24 bits per heavy atom. The van der Waals surface area contributed by atoms with E-state index in [0.717, 1.165) is 14.8 Å². The minimum absolute atomic E-state index is 0.0365. The summed E-state index contributed by atoms with van der Waals surface area (Å²) >= 11 is 5.28. The van der Waals surface area contributed by atoms with Gasteiger partial charge in [0.2, 0.25) is 0 Å². The highest BCUT2D eigenvalue weighted by atomic mass is 32.2. The van der Waals surface area contributed by atoms with E-state index in [1.165, 1.54) is 24.7 Å². The number of imide groups is 1. The molecule has 0 unspecified atom stereocenters. The molecule has 9 nitrogen and oxygen atoms in total. The van der Waals surface area contributed by atoms with E-state index in [1.54, 1.807) is 18.2 Å². The fraction of sp³-hybridized carbons (Fsp3) is 0.278. The Morgan fingerprint density at radius 3 is 2.55 bits per heavy atom. The van der Waals surface area contributed by atoms with Gasteiger partial charge in [-0.15, -0.1) is 0 Å². The second-order valence-electron chi connectivity index (χ2n) is 6.65. The van der Waals surface area contributed by atoms with E-state index in [9.17, 15) is 18.0 Å². The predicted octanol–water partition coefficient (Wildman–Crippen LogP) is 1.56. The van der Waals surface area contributed by atoms with E-state index in [2.05, 4.69) is 5.32 Å². The molecular weight excluding hydrogens is 418 g/mol. The van der Waals surface area contributed by atoms with Gasteiger partial charge in [-0.3, -0.25) is 4.79 Å². The number of carbonyl (C=O) groups excluding carboxylic acids is 2. The lowest BCUT2D eigenvalue weighted by Crippen LogP contribution is -2.47. The Hall–Kier alpha value is -2.92. The van der Waals surface area contributed by atoms with Crippen LogP contribution in [0.1, 0.15) is 17.2 Å². The Labute approximate surface area is 172 Å². The van der Waals surface area contributed by atoms with Crippen LogP contribution in [0.25, 0.3) is 0 Å². The molecule has 1 aromatic carbocycles. The van der Waals surface area contributed by atoms with E-state index < -0.39 is 34.1 Å². The molecule has 2 fully saturated rings. The van der Waals surface area contributed by atoms with Crippen LogP contribution in [0.3, 0.4) is 0 Å². The van der Waals surface area contributed by atoms with Crippen molar-refractivity contribution in [3.05, 3.63) is 54.0 Å². The summed E-state index contributed by atoms with van der Waals surface area (Å²) < 4.78 is 37.7. The van der Waals surface area contributed by atoms with Crippen molar-refractivity contribution in [1.29, 1.82) is 0 Å². The summed E-state index contributed by atoms with van der Waals surface area (Å²) in [4.78, 5) is 25.8. The van der Waals surface area contributed by atoms with Gasteiger partial charge in [-0.25, -0.2) is 22.4 Å². The van der Waals surface area contributed by atoms with Crippen LogP contribution in [0.4, 0.5) is 4.79 Å². The average Bonchev–Trinajstić information content (AvgIpc) is 3.41. The molecule has 1 N–H and O–H groups in total. The zero-order chi connectivity index (χ0) is 20.8. The highest BCUT2D eigenvalue weighted by molar-refractivity contribution is 7.91. The minimum Gasteiger partial charge on any atom is -0.472 e. The molecule has 3 heterocycles. The highest BCUT2D eigenvalue weighted by Gasteiger charge is 2.51. The molecule has 0 saturated carbocycles. The summed E-state index contributed by atoms with van der Waals surface area (Å²) in [6.07, 6.45) is 1.95. The summed E-state index contributed by atoms with van der Waals surface area (Å²) in [5.74, 6) is -0.623. The summed E-state index contributed by atoms with van der Waals surface area (Å²) in [5, 5.41) is 2.63. The van der Waals surface area contributed by atoms with Crippen LogP contribution in [0.2, 0.25) is 0 Å². The number of cyclic esters (lactones) is 1. The SMILES string of the molecule is Cc1ccc(S(=O)(=O)N2C(=S)N[C@H](C(=O)N3CCOC3=O)[C@@H]2c2ccoc2)cc1. The molecule has 0 aliphatic carbocycles. The van der Waals surface area contributed by atoms with Crippen LogP contribution in [0, 0.1) is 6.92 Å². The van der Waals surface area contributed by atoms with Gasteiger partial charge in [0.15, 0.2) is 5.11 Å². The maximum absolute atomic E-state index is 13.4. The van der Waals surface area contributed by atoms with Gasteiger partial charge in [-0.2, -0.15) is 0 Å². The van der Waals surface area contributed by atoms with Crippen LogP contribution in [0.15, 0.2) is 52.2 Å². The third-order valence-electron chi connectivity index (χ3n) is 4.80. The first-order chi connectivity index (χ1) is 13.8. The van der Waals surface area contributed by atoms with Crippen LogP contribution in [0.5, 0.6) is 0 Å². The van der Waals surface area contributed by atoms with Crippen molar-refractivity contribution >= 4 is 39.4 Å². The van der Waals surface area contributed by atoms with Gasteiger partial charge < -0.3 is 14.5 Å². The first kappa shape index (κ1) is 19.4. The fourth-order valence-corrected chi connectivity index (χ4v) is 5.40. The second kappa shape index (κ2) is 7.16. The number of benzene rings is 1. The number of nitrogens with zero attached hydrogens (tertiary/aromatic N) is 2. The van der Waals surface area contributed by atoms with Crippen molar-refractivity contribution < 1.29 is 27.2 Å². The van der Waals surface area contributed by atoms with E-state index in [-0.39, 0.29) is 23.2 Å². The number of amides is 2. The topological polar surface area (TPSA) is 109 Å². The number of carbonyl (C=O) groups is 2. The fourth-order valence-electron chi connectivity index (χ4n) is 3.35. The Morgan fingerprint density at radius 2 is 1.97 bits per heavy atom. The third-order valence-corrected chi connectivity index (χ3v) is 7.03. The molecule has 0 spiro atoms. The Bertz CT molecular complexity index is 1070. The summed E-state index contributed by atoms with van der Waals surface area (Å²) in [7, 11) is -4.08. The van der Waals surface area contributed by atoms with Gasteiger partial charge in [-0.05, 0) is 37.3 Å². The highest BCUT2D eigenvalue weighted by Crippen LogP contribution is 2.36. The zero-order valence-electron chi connectivity index (χ0n) is 15.3. The first-order valence-electron chi connectivity index (χ1n) is 8.72. The molecule has 2 aromatic rings. The summed E-state index contributed by atoms with van der Waals surface area (Å²) in [6.45, 7) is 2.02. The quantitative estimate of drug-likeness (QED) is 0.721. The number of hydrogen-bond acceptors (Lipinski definition) is 7. The largest absolute Gasteiger partial charge is 0.472 e. The number of thiocarbonyl (C=S) groups is 1. The third kappa shape index (κ3) is 3.25. The number of furan rings is 1. The Balaban J connectivity index is 1.77. The van der Waals surface area contributed by atoms with Gasteiger partial charge in [0.05, 0.1) is 24.0 Å². The maximum Gasteiger partial charge on any atom is 0.416 e. The van der Waals surface area contributed by atoms with E-state index in [4.69, 9.17) is 21.4 Å². The van der Waals surface area contributed by atoms with Crippen molar-refractivity contribution in [2.24, 2.45) is 0 Å². The number of hydrogen-bond donors (Lipinski definition) is 1. The number of nitrogens with one attached hydrogen (secondary N) is 1. The monoisotopic (exact) mass is 435 g/mol. The molecule has 0 bridgehead atoms. The van der Waals surface area contributed by atoms with Gasteiger partial charge in [0.25, 0.3) is 15.9 Å². The lowest BCUT2D eigenvalue weighted by Gasteiger charge is -2.26. The molecule has 4 rings (SSSR count). The molecule has 11 heteroatoms. The van der Waals surface area contributed by atoms with Gasteiger partial charge in [-0.1, -0.05) is 17.7 Å². The van der Waals surface area contributed by atoms with Crippen molar-refractivity contribution in [3.63, 3.8) is 0 Å². The molecule has 1 aromatic heterocycles. The van der Waals surface area contributed by atoms with Crippen molar-refractivity contribution in [2.45, 2.75) is 23.9 Å². The molecule has 152 valence electrons. The minimum atomic E-state index is -4.08. The van der Waals surface area contributed by atoms with Crippen LogP contribution < -0.4 is 5.32 Å². The molecule has 2 aliphatic rings. The van der Waals surface area contributed by atoms with Crippen molar-refractivity contribution in [1.82, 2.24) is 14.5 Å². The first-order valence-corrected chi connectivity index (χ1v) is 10.6. The Kier molecular flexibility index (Phi) is 4.79. The molecule has 2 saturated heterocycles. The lowest BCUT2D eigenvalue weighted by atomic mass is 10.0. The van der Waals surface area contributed by atoms with E-state index >= 15 is 0 Å². The number of ether oxygens (including phenoxy) is 1.